The Balaban J connectivity index is 0.000000241. The predicted molar refractivity (Wildman–Crippen MR) is 59.9 cm³/mol. The SMILES string of the molecule is C1CNNCCN1.NCCNCCN. The maximum atomic E-state index is 5.17. The van der Waals surface area contributed by atoms with E-state index in [1.54, 1.807) is 0 Å². The van der Waals surface area contributed by atoms with E-state index in [0.29, 0.717) is 13.1 Å². The summed E-state index contributed by atoms with van der Waals surface area (Å²) in [4.78, 5) is 0. The summed E-state index contributed by atoms with van der Waals surface area (Å²) in [6.07, 6.45) is 0. The molecule has 1 heterocycles. The van der Waals surface area contributed by atoms with E-state index in [4.69, 9.17) is 11.5 Å². The number of hydrogen-bond acceptors (Lipinski definition) is 6. The van der Waals surface area contributed by atoms with Gasteiger partial charge in [-0.2, -0.15) is 0 Å². The average molecular weight is 204 g/mol. The van der Waals surface area contributed by atoms with Gasteiger partial charge in [-0.25, -0.2) is 0 Å². The number of hydrazine groups is 1. The molecule has 0 unspecified atom stereocenters. The third kappa shape index (κ3) is 11.8. The van der Waals surface area contributed by atoms with Gasteiger partial charge >= 0.3 is 0 Å². The van der Waals surface area contributed by atoms with Gasteiger partial charge in [-0.3, -0.25) is 10.9 Å². The van der Waals surface area contributed by atoms with Gasteiger partial charge in [0, 0.05) is 52.4 Å². The van der Waals surface area contributed by atoms with Crippen LogP contribution in [-0.2, 0) is 0 Å². The van der Waals surface area contributed by atoms with Gasteiger partial charge in [-0.15, -0.1) is 0 Å². The topological polar surface area (TPSA) is 100 Å². The van der Waals surface area contributed by atoms with Crippen molar-refractivity contribution in [1.29, 1.82) is 0 Å². The smallest absolute Gasteiger partial charge is 0.0225 e. The monoisotopic (exact) mass is 204 g/mol. The molecule has 0 aromatic rings. The van der Waals surface area contributed by atoms with E-state index in [1.165, 1.54) is 0 Å². The van der Waals surface area contributed by atoms with Crippen molar-refractivity contribution in [3.05, 3.63) is 0 Å². The van der Waals surface area contributed by atoms with Gasteiger partial charge in [0.1, 0.15) is 0 Å². The maximum absolute atomic E-state index is 5.17. The Hall–Kier alpha value is -0.240. The lowest BCUT2D eigenvalue weighted by atomic mass is 10.6. The van der Waals surface area contributed by atoms with E-state index >= 15 is 0 Å². The van der Waals surface area contributed by atoms with Gasteiger partial charge in [0.15, 0.2) is 0 Å². The fraction of sp³-hybridized carbons (Fsp3) is 1.00. The fourth-order valence-electron chi connectivity index (χ4n) is 0.933. The molecule has 14 heavy (non-hydrogen) atoms. The van der Waals surface area contributed by atoms with Crippen LogP contribution in [0.1, 0.15) is 0 Å². The zero-order valence-electron chi connectivity index (χ0n) is 8.81. The third-order valence-electron chi connectivity index (χ3n) is 1.62. The Kier molecular flexibility index (Phi) is 12.5. The molecular formula is C8H24N6. The Bertz CT molecular complexity index is 76.2. The van der Waals surface area contributed by atoms with Crippen molar-refractivity contribution in [1.82, 2.24) is 21.5 Å². The molecule has 1 aliphatic heterocycles. The molecule has 6 nitrogen and oxygen atoms in total. The van der Waals surface area contributed by atoms with Gasteiger partial charge in [-0.05, 0) is 0 Å². The largest absolute Gasteiger partial charge is 0.329 e. The van der Waals surface area contributed by atoms with E-state index < -0.39 is 0 Å². The first-order chi connectivity index (χ1) is 6.91. The maximum Gasteiger partial charge on any atom is 0.0225 e. The van der Waals surface area contributed by atoms with Crippen molar-refractivity contribution < 1.29 is 0 Å². The molecular weight excluding hydrogens is 180 g/mol. The zero-order chi connectivity index (χ0) is 10.5. The summed E-state index contributed by atoms with van der Waals surface area (Å²) in [5.74, 6) is 0. The number of nitrogens with one attached hydrogen (secondary N) is 4. The van der Waals surface area contributed by atoms with Gasteiger partial charge in [0.2, 0.25) is 0 Å². The third-order valence-corrected chi connectivity index (χ3v) is 1.62. The van der Waals surface area contributed by atoms with E-state index in [1.807, 2.05) is 0 Å². The molecule has 1 aliphatic rings. The van der Waals surface area contributed by atoms with Crippen LogP contribution in [0.4, 0.5) is 0 Å². The van der Waals surface area contributed by atoms with Gasteiger partial charge in [-0.1, -0.05) is 0 Å². The van der Waals surface area contributed by atoms with Crippen LogP contribution >= 0.6 is 0 Å². The van der Waals surface area contributed by atoms with Crippen molar-refractivity contribution in [2.45, 2.75) is 0 Å². The van der Waals surface area contributed by atoms with Crippen molar-refractivity contribution in [3.63, 3.8) is 0 Å². The average Bonchev–Trinajstić information content (AvgIpc) is 2.51. The molecule has 0 aromatic carbocycles. The van der Waals surface area contributed by atoms with Gasteiger partial charge in [0.25, 0.3) is 0 Å². The Morgan fingerprint density at radius 2 is 1.36 bits per heavy atom. The standard InChI is InChI=1S/C4H11N3.C4H13N3/c1-3-6-7-4-2-5-1;5-1-3-7-4-2-6/h5-7H,1-4H2;7H,1-6H2. The van der Waals surface area contributed by atoms with Crippen LogP contribution in [0.2, 0.25) is 0 Å². The summed E-state index contributed by atoms with van der Waals surface area (Å²) in [6.45, 7) is 7.34. The summed E-state index contributed by atoms with van der Waals surface area (Å²) in [7, 11) is 0. The molecule has 0 bridgehead atoms. The molecule has 0 spiro atoms. The first-order valence-electron chi connectivity index (χ1n) is 5.19. The van der Waals surface area contributed by atoms with E-state index in [2.05, 4.69) is 21.5 Å². The minimum atomic E-state index is 0.694. The molecule has 1 rings (SSSR count). The van der Waals surface area contributed by atoms with Crippen LogP contribution in [0.5, 0.6) is 0 Å². The highest BCUT2D eigenvalue weighted by molar-refractivity contribution is 4.55. The first-order valence-corrected chi connectivity index (χ1v) is 5.19. The van der Waals surface area contributed by atoms with E-state index in [9.17, 15) is 0 Å². The molecule has 0 radical (unpaired) electrons. The van der Waals surface area contributed by atoms with Crippen LogP contribution in [0.15, 0.2) is 0 Å². The predicted octanol–water partition coefficient (Wildman–Crippen LogP) is -2.82. The minimum Gasteiger partial charge on any atom is -0.329 e. The second-order valence-corrected chi connectivity index (χ2v) is 2.93. The lowest BCUT2D eigenvalue weighted by Crippen LogP contribution is -2.32. The lowest BCUT2D eigenvalue weighted by Gasteiger charge is -1.95. The van der Waals surface area contributed by atoms with Crippen LogP contribution < -0.4 is 33.0 Å². The van der Waals surface area contributed by atoms with Crippen molar-refractivity contribution in [2.75, 3.05) is 52.4 Å². The Labute approximate surface area is 86.1 Å². The second-order valence-electron chi connectivity index (χ2n) is 2.93. The molecule has 1 saturated heterocycles. The second kappa shape index (κ2) is 12.8. The van der Waals surface area contributed by atoms with Gasteiger partial charge < -0.3 is 22.1 Å². The van der Waals surface area contributed by atoms with E-state index in [-0.39, 0.29) is 0 Å². The van der Waals surface area contributed by atoms with Crippen LogP contribution in [0, 0.1) is 0 Å². The quantitative estimate of drug-likeness (QED) is 0.276. The molecule has 86 valence electrons. The van der Waals surface area contributed by atoms with E-state index in [0.717, 1.165) is 39.3 Å². The minimum absolute atomic E-state index is 0.694. The summed E-state index contributed by atoms with van der Waals surface area (Å²) in [5, 5.41) is 6.26. The van der Waals surface area contributed by atoms with Crippen LogP contribution in [-0.4, -0.2) is 52.4 Å². The Morgan fingerprint density at radius 1 is 0.857 bits per heavy atom. The molecule has 0 atom stereocenters. The number of nitrogens with two attached hydrogens (primary N) is 2. The zero-order valence-corrected chi connectivity index (χ0v) is 8.81. The summed E-state index contributed by atoms with van der Waals surface area (Å²) in [6, 6.07) is 0. The summed E-state index contributed by atoms with van der Waals surface area (Å²) in [5.41, 5.74) is 16.4. The van der Waals surface area contributed by atoms with Crippen LogP contribution in [0.3, 0.4) is 0 Å². The number of rotatable bonds is 4. The summed E-state index contributed by atoms with van der Waals surface area (Å²) < 4.78 is 0. The lowest BCUT2D eigenvalue weighted by molar-refractivity contribution is 0.587. The molecule has 0 amide bonds. The molecule has 6 heteroatoms. The first kappa shape index (κ1) is 13.8. The Morgan fingerprint density at radius 3 is 1.79 bits per heavy atom. The molecule has 8 N–H and O–H groups in total. The van der Waals surface area contributed by atoms with Crippen molar-refractivity contribution >= 4 is 0 Å². The van der Waals surface area contributed by atoms with Crippen LogP contribution in [0.25, 0.3) is 0 Å². The highest BCUT2D eigenvalue weighted by Crippen LogP contribution is 1.61. The molecule has 0 aromatic heterocycles. The highest BCUT2D eigenvalue weighted by Gasteiger charge is 1.90. The highest BCUT2D eigenvalue weighted by atomic mass is 15.4. The normalized spacial score (nSPS) is 16.7. The molecule has 0 saturated carbocycles. The molecule has 1 fully saturated rings. The van der Waals surface area contributed by atoms with Gasteiger partial charge in [0.05, 0.1) is 0 Å². The summed E-state index contributed by atoms with van der Waals surface area (Å²) >= 11 is 0. The van der Waals surface area contributed by atoms with Crippen molar-refractivity contribution in [2.24, 2.45) is 11.5 Å². The fourth-order valence-corrected chi connectivity index (χ4v) is 0.933. The van der Waals surface area contributed by atoms with Crippen molar-refractivity contribution in [3.8, 4) is 0 Å². The molecule has 0 aliphatic carbocycles. The number of hydrogen-bond donors (Lipinski definition) is 6.